The van der Waals surface area contributed by atoms with Gasteiger partial charge in [-0.25, -0.2) is 0 Å². The molecule has 0 saturated heterocycles. The van der Waals surface area contributed by atoms with E-state index in [2.05, 4.69) is 18.9 Å². The number of fused-ring (bicyclic) bond motifs is 1. The highest BCUT2D eigenvalue weighted by Gasteiger charge is 2.09. The van der Waals surface area contributed by atoms with E-state index in [1.165, 1.54) is 0 Å². The number of benzene rings is 1. The van der Waals surface area contributed by atoms with Crippen LogP contribution in [0.5, 0.6) is 5.75 Å². The van der Waals surface area contributed by atoms with Gasteiger partial charge in [0, 0.05) is 11.4 Å². The van der Waals surface area contributed by atoms with Crippen LogP contribution in [0.4, 0.5) is 0 Å². The summed E-state index contributed by atoms with van der Waals surface area (Å²) in [5.41, 5.74) is 1.07. The largest absolute Gasteiger partial charge is 0.494 e. The summed E-state index contributed by atoms with van der Waals surface area (Å²) in [7, 11) is 1.69. The van der Waals surface area contributed by atoms with Crippen molar-refractivity contribution in [3.05, 3.63) is 24.4 Å². The van der Waals surface area contributed by atoms with Crippen molar-refractivity contribution in [2.75, 3.05) is 7.11 Å². The van der Waals surface area contributed by atoms with Crippen molar-refractivity contribution in [3.63, 3.8) is 0 Å². The average Bonchev–Trinajstić information content (AvgIpc) is 2.60. The highest BCUT2D eigenvalue weighted by atomic mass is 16.5. The molecule has 0 aliphatic rings. The maximum Gasteiger partial charge on any atom is 0.144 e. The summed E-state index contributed by atoms with van der Waals surface area (Å²) in [6, 6.07) is 6.34. The van der Waals surface area contributed by atoms with Crippen molar-refractivity contribution in [1.82, 2.24) is 9.78 Å². The van der Waals surface area contributed by atoms with Crippen LogP contribution in [0.1, 0.15) is 19.9 Å². The van der Waals surface area contributed by atoms with Gasteiger partial charge in [0.15, 0.2) is 0 Å². The summed E-state index contributed by atoms with van der Waals surface area (Å²) < 4.78 is 7.30. The van der Waals surface area contributed by atoms with Crippen LogP contribution in [-0.4, -0.2) is 16.9 Å². The number of nitrogens with zero attached hydrogens (tertiary/aromatic N) is 2. The number of aromatic nitrogens is 2. The van der Waals surface area contributed by atoms with E-state index in [0.717, 1.165) is 16.7 Å². The van der Waals surface area contributed by atoms with Crippen LogP contribution in [0.25, 0.3) is 10.9 Å². The minimum Gasteiger partial charge on any atom is -0.494 e. The quantitative estimate of drug-likeness (QED) is 0.727. The molecule has 0 saturated carbocycles. The molecule has 0 aliphatic carbocycles. The topological polar surface area (TPSA) is 27.1 Å². The molecule has 0 bridgehead atoms. The van der Waals surface area contributed by atoms with Gasteiger partial charge in [-0.1, -0.05) is 12.1 Å². The minimum absolute atomic E-state index is 0.351. The Kier molecular flexibility index (Phi) is 2.15. The monoisotopic (exact) mass is 190 g/mol. The first-order valence-corrected chi connectivity index (χ1v) is 4.74. The molecule has 3 nitrogen and oxygen atoms in total. The molecule has 0 atom stereocenters. The molecule has 0 radical (unpaired) electrons. The fourth-order valence-electron chi connectivity index (χ4n) is 1.63. The Bertz CT molecular complexity index is 445. The molecule has 2 aromatic rings. The Morgan fingerprint density at radius 3 is 2.79 bits per heavy atom. The molecule has 0 spiro atoms. The van der Waals surface area contributed by atoms with Crippen molar-refractivity contribution in [1.29, 1.82) is 0 Å². The highest BCUT2D eigenvalue weighted by Crippen LogP contribution is 2.26. The zero-order valence-corrected chi connectivity index (χ0v) is 8.69. The van der Waals surface area contributed by atoms with Crippen molar-refractivity contribution in [3.8, 4) is 5.75 Å². The van der Waals surface area contributed by atoms with Gasteiger partial charge in [0.2, 0.25) is 0 Å². The van der Waals surface area contributed by atoms with Gasteiger partial charge in [-0.3, -0.25) is 4.68 Å². The molecular formula is C11H14N2O. The van der Waals surface area contributed by atoms with E-state index in [1.807, 2.05) is 29.1 Å². The number of hydrogen-bond donors (Lipinski definition) is 0. The summed E-state index contributed by atoms with van der Waals surface area (Å²) in [4.78, 5) is 0. The third-order valence-corrected chi connectivity index (χ3v) is 2.29. The van der Waals surface area contributed by atoms with Gasteiger partial charge < -0.3 is 4.74 Å². The molecule has 74 valence electrons. The molecule has 0 amide bonds. The predicted molar refractivity (Wildman–Crippen MR) is 56.7 cm³/mol. The standard InChI is InChI=1S/C11H14N2O/c1-8(2)13-11-9(7-12-13)5-4-6-10(11)14-3/h4-8H,1-3H3. The van der Waals surface area contributed by atoms with Crippen LogP contribution < -0.4 is 4.74 Å². The highest BCUT2D eigenvalue weighted by molar-refractivity contribution is 5.84. The van der Waals surface area contributed by atoms with Crippen molar-refractivity contribution >= 4 is 10.9 Å². The molecule has 0 unspecified atom stereocenters. The lowest BCUT2D eigenvalue weighted by Gasteiger charge is -2.09. The van der Waals surface area contributed by atoms with Crippen LogP contribution in [0, 0.1) is 0 Å². The molecule has 14 heavy (non-hydrogen) atoms. The van der Waals surface area contributed by atoms with Gasteiger partial charge in [0.05, 0.1) is 13.3 Å². The van der Waals surface area contributed by atoms with Gasteiger partial charge in [-0.15, -0.1) is 0 Å². The molecule has 0 fully saturated rings. The lowest BCUT2D eigenvalue weighted by Crippen LogP contribution is -2.03. The fraction of sp³-hybridized carbons (Fsp3) is 0.364. The van der Waals surface area contributed by atoms with Gasteiger partial charge >= 0.3 is 0 Å². The molecule has 0 aliphatic heterocycles. The number of para-hydroxylation sites is 1. The molecular weight excluding hydrogens is 176 g/mol. The van der Waals surface area contributed by atoms with E-state index in [1.54, 1.807) is 7.11 Å². The number of methoxy groups -OCH3 is 1. The van der Waals surface area contributed by atoms with E-state index < -0.39 is 0 Å². The van der Waals surface area contributed by atoms with E-state index in [4.69, 9.17) is 4.74 Å². The summed E-state index contributed by atoms with van der Waals surface area (Å²) in [5.74, 6) is 0.883. The smallest absolute Gasteiger partial charge is 0.144 e. The molecule has 3 heteroatoms. The van der Waals surface area contributed by atoms with E-state index >= 15 is 0 Å². The Balaban J connectivity index is 2.74. The van der Waals surface area contributed by atoms with Gasteiger partial charge in [0.25, 0.3) is 0 Å². The van der Waals surface area contributed by atoms with Crippen LogP contribution in [0.15, 0.2) is 24.4 Å². The number of rotatable bonds is 2. The third kappa shape index (κ3) is 1.25. The van der Waals surface area contributed by atoms with Crippen molar-refractivity contribution in [2.24, 2.45) is 0 Å². The Hall–Kier alpha value is -1.51. The van der Waals surface area contributed by atoms with E-state index in [0.29, 0.717) is 6.04 Å². The second kappa shape index (κ2) is 3.33. The molecule has 0 N–H and O–H groups in total. The minimum atomic E-state index is 0.351. The van der Waals surface area contributed by atoms with E-state index in [-0.39, 0.29) is 0 Å². The maximum atomic E-state index is 5.32. The zero-order chi connectivity index (χ0) is 10.1. The number of hydrogen-bond acceptors (Lipinski definition) is 2. The molecule has 1 heterocycles. The second-order valence-corrected chi connectivity index (χ2v) is 3.58. The van der Waals surface area contributed by atoms with Crippen LogP contribution >= 0.6 is 0 Å². The van der Waals surface area contributed by atoms with Gasteiger partial charge in [-0.2, -0.15) is 5.10 Å². The van der Waals surface area contributed by atoms with Crippen LogP contribution in [0.2, 0.25) is 0 Å². The maximum absolute atomic E-state index is 5.32. The van der Waals surface area contributed by atoms with Crippen molar-refractivity contribution < 1.29 is 4.74 Å². The first-order valence-electron chi connectivity index (χ1n) is 4.74. The van der Waals surface area contributed by atoms with Crippen LogP contribution in [-0.2, 0) is 0 Å². The summed E-state index contributed by atoms with van der Waals surface area (Å²) in [6.07, 6.45) is 1.87. The Labute approximate surface area is 83.3 Å². The third-order valence-electron chi connectivity index (χ3n) is 2.29. The van der Waals surface area contributed by atoms with Crippen LogP contribution in [0.3, 0.4) is 0 Å². The lowest BCUT2D eigenvalue weighted by atomic mass is 10.2. The lowest BCUT2D eigenvalue weighted by molar-refractivity contribution is 0.414. The first kappa shape index (κ1) is 9.06. The summed E-state index contributed by atoms with van der Waals surface area (Å²) >= 11 is 0. The number of ether oxygens (including phenoxy) is 1. The summed E-state index contributed by atoms with van der Waals surface area (Å²) in [5, 5.41) is 5.46. The summed E-state index contributed by atoms with van der Waals surface area (Å²) in [6.45, 7) is 4.22. The predicted octanol–water partition coefficient (Wildman–Crippen LogP) is 2.63. The average molecular weight is 190 g/mol. The Morgan fingerprint density at radius 2 is 2.14 bits per heavy atom. The molecule has 1 aromatic heterocycles. The normalized spacial score (nSPS) is 11.1. The van der Waals surface area contributed by atoms with Gasteiger partial charge in [-0.05, 0) is 19.9 Å². The molecule has 1 aromatic carbocycles. The van der Waals surface area contributed by atoms with Gasteiger partial charge in [0.1, 0.15) is 11.3 Å². The van der Waals surface area contributed by atoms with Crippen molar-refractivity contribution in [2.45, 2.75) is 19.9 Å². The first-order chi connectivity index (χ1) is 6.74. The zero-order valence-electron chi connectivity index (χ0n) is 8.69. The Morgan fingerprint density at radius 1 is 1.36 bits per heavy atom. The second-order valence-electron chi connectivity index (χ2n) is 3.58. The SMILES string of the molecule is COc1cccc2cnn(C(C)C)c12. The van der Waals surface area contributed by atoms with E-state index in [9.17, 15) is 0 Å². The fourth-order valence-corrected chi connectivity index (χ4v) is 1.63. The molecule has 2 rings (SSSR count).